The van der Waals surface area contributed by atoms with Crippen LogP contribution in [0.15, 0.2) is 59.5 Å². The summed E-state index contributed by atoms with van der Waals surface area (Å²) >= 11 is 0. The first-order chi connectivity index (χ1) is 13.4. The van der Waals surface area contributed by atoms with Gasteiger partial charge >= 0.3 is 0 Å². The molecule has 3 rings (SSSR count). The third kappa shape index (κ3) is 4.91. The smallest absolute Gasteiger partial charge is 0.243 e. The van der Waals surface area contributed by atoms with E-state index in [9.17, 15) is 13.2 Å². The number of sulfonamides is 1. The molecule has 0 bridgehead atoms. The lowest BCUT2D eigenvalue weighted by atomic mass is 9.98. The second-order valence-corrected chi connectivity index (χ2v) is 9.14. The number of rotatable bonds is 6. The van der Waals surface area contributed by atoms with Crippen molar-refractivity contribution in [2.75, 3.05) is 18.4 Å². The van der Waals surface area contributed by atoms with Crippen molar-refractivity contribution in [1.82, 2.24) is 4.31 Å². The molecular weight excluding hydrogens is 376 g/mol. The highest BCUT2D eigenvalue weighted by atomic mass is 32.2. The van der Waals surface area contributed by atoms with Crippen molar-refractivity contribution in [3.8, 4) is 5.75 Å². The van der Waals surface area contributed by atoms with Crippen LogP contribution in [0.4, 0.5) is 5.69 Å². The summed E-state index contributed by atoms with van der Waals surface area (Å²) in [6.07, 6.45) is 1.36. The lowest BCUT2D eigenvalue weighted by Gasteiger charge is -2.31. The molecule has 150 valence electrons. The van der Waals surface area contributed by atoms with Crippen LogP contribution >= 0.6 is 0 Å². The molecule has 1 saturated heterocycles. The molecule has 0 aliphatic carbocycles. The second kappa shape index (κ2) is 8.75. The average molecular weight is 403 g/mol. The van der Waals surface area contributed by atoms with Crippen molar-refractivity contribution in [2.24, 2.45) is 5.92 Å². The van der Waals surface area contributed by atoms with Crippen molar-refractivity contribution >= 4 is 21.6 Å². The van der Waals surface area contributed by atoms with Crippen LogP contribution in [0.3, 0.4) is 0 Å². The summed E-state index contributed by atoms with van der Waals surface area (Å²) in [5.41, 5.74) is 0.645. The van der Waals surface area contributed by atoms with Gasteiger partial charge in [0.15, 0.2) is 0 Å². The normalized spacial score (nSPS) is 18.0. The number of hydrogen-bond acceptors (Lipinski definition) is 4. The van der Waals surface area contributed by atoms with Gasteiger partial charge < -0.3 is 10.1 Å². The van der Waals surface area contributed by atoms with Gasteiger partial charge in [-0.3, -0.25) is 4.79 Å². The first-order valence-electron chi connectivity index (χ1n) is 9.49. The summed E-state index contributed by atoms with van der Waals surface area (Å²) in [5, 5.41) is 2.90. The Labute approximate surface area is 166 Å². The van der Waals surface area contributed by atoms with Crippen LogP contribution < -0.4 is 10.1 Å². The number of nitrogens with zero attached hydrogens (tertiary/aromatic N) is 1. The highest BCUT2D eigenvalue weighted by Gasteiger charge is 2.33. The molecule has 1 aliphatic rings. The number of ether oxygens (including phenoxy) is 1. The molecule has 0 radical (unpaired) electrons. The van der Waals surface area contributed by atoms with E-state index < -0.39 is 10.0 Å². The van der Waals surface area contributed by atoms with Crippen molar-refractivity contribution in [1.29, 1.82) is 0 Å². The van der Waals surface area contributed by atoms with Crippen LogP contribution in [0.25, 0.3) is 0 Å². The largest absolute Gasteiger partial charge is 0.491 e. The molecule has 2 aromatic carbocycles. The maximum Gasteiger partial charge on any atom is 0.243 e. The van der Waals surface area contributed by atoms with Gasteiger partial charge in [0.2, 0.25) is 15.9 Å². The van der Waals surface area contributed by atoms with Crippen molar-refractivity contribution < 1.29 is 17.9 Å². The van der Waals surface area contributed by atoms with Gasteiger partial charge in [-0.05, 0) is 51.0 Å². The Morgan fingerprint density at radius 1 is 1.14 bits per heavy atom. The quantitative estimate of drug-likeness (QED) is 0.802. The summed E-state index contributed by atoms with van der Waals surface area (Å²) in [4.78, 5) is 13.0. The van der Waals surface area contributed by atoms with Crippen LogP contribution in [0.2, 0.25) is 0 Å². The third-order valence-electron chi connectivity index (χ3n) is 4.61. The van der Waals surface area contributed by atoms with Crippen LogP contribution in [0.5, 0.6) is 5.75 Å². The van der Waals surface area contributed by atoms with Gasteiger partial charge in [-0.2, -0.15) is 4.31 Å². The average Bonchev–Trinajstić information content (AvgIpc) is 2.68. The molecule has 6 nitrogen and oxygen atoms in total. The fourth-order valence-electron chi connectivity index (χ4n) is 3.28. The maximum absolute atomic E-state index is 12.8. The molecule has 1 aliphatic heterocycles. The molecule has 1 unspecified atom stereocenters. The van der Waals surface area contributed by atoms with Crippen molar-refractivity contribution in [2.45, 2.75) is 37.7 Å². The Morgan fingerprint density at radius 2 is 1.89 bits per heavy atom. The Morgan fingerprint density at radius 3 is 2.61 bits per heavy atom. The molecule has 28 heavy (non-hydrogen) atoms. The Hall–Kier alpha value is -2.38. The van der Waals surface area contributed by atoms with E-state index in [0.29, 0.717) is 30.8 Å². The van der Waals surface area contributed by atoms with E-state index in [1.807, 2.05) is 26.0 Å². The molecule has 0 aromatic heterocycles. The van der Waals surface area contributed by atoms with E-state index in [1.165, 1.54) is 4.31 Å². The Bertz CT molecular complexity index is 913. The molecule has 1 amide bonds. The number of anilines is 1. The van der Waals surface area contributed by atoms with E-state index in [0.717, 1.165) is 0 Å². The Balaban J connectivity index is 1.68. The highest BCUT2D eigenvalue weighted by molar-refractivity contribution is 7.89. The van der Waals surface area contributed by atoms with Crippen LogP contribution in [0.1, 0.15) is 26.7 Å². The summed E-state index contributed by atoms with van der Waals surface area (Å²) < 4.78 is 32.7. The van der Waals surface area contributed by atoms with Crippen molar-refractivity contribution in [3.63, 3.8) is 0 Å². The third-order valence-corrected chi connectivity index (χ3v) is 6.49. The number of carbonyl (C=O) groups is 1. The molecule has 1 heterocycles. The standard InChI is InChI=1S/C21H26N2O4S/c1-16(2)27-19-10-6-9-18(14-19)22-21(24)17-8-7-13-23(15-17)28(25,26)20-11-4-3-5-12-20/h3-6,9-12,14,16-17H,7-8,13,15H2,1-2H3,(H,22,24). The number of carbonyl (C=O) groups excluding carboxylic acids is 1. The summed E-state index contributed by atoms with van der Waals surface area (Å²) in [6.45, 7) is 4.49. The van der Waals surface area contributed by atoms with E-state index in [4.69, 9.17) is 4.74 Å². The monoisotopic (exact) mass is 402 g/mol. The van der Waals surface area contributed by atoms with Gasteiger partial charge in [-0.25, -0.2) is 8.42 Å². The molecule has 1 atom stereocenters. The Kier molecular flexibility index (Phi) is 6.36. The zero-order chi connectivity index (χ0) is 20.1. The molecule has 0 saturated carbocycles. The van der Waals surface area contributed by atoms with Crippen LogP contribution in [-0.4, -0.2) is 37.8 Å². The van der Waals surface area contributed by atoms with E-state index >= 15 is 0 Å². The van der Waals surface area contributed by atoms with Crippen LogP contribution in [-0.2, 0) is 14.8 Å². The van der Waals surface area contributed by atoms with E-state index in [1.54, 1.807) is 42.5 Å². The predicted octanol–water partition coefficient (Wildman–Crippen LogP) is 3.51. The van der Waals surface area contributed by atoms with Gasteiger partial charge in [0.05, 0.1) is 16.9 Å². The maximum atomic E-state index is 12.8. The van der Waals surface area contributed by atoms with Gasteiger partial charge in [0, 0.05) is 24.8 Å². The SMILES string of the molecule is CC(C)Oc1cccc(NC(=O)C2CCCN(S(=O)(=O)c3ccccc3)C2)c1. The van der Waals surface area contributed by atoms with E-state index in [-0.39, 0.29) is 29.4 Å². The highest BCUT2D eigenvalue weighted by Crippen LogP contribution is 2.25. The van der Waals surface area contributed by atoms with Gasteiger partial charge in [0.1, 0.15) is 5.75 Å². The number of amides is 1. The number of nitrogens with one attached hydrogen (secondary N) is 1. The zero-order valence-corrected chi connectivity index (χ0v) is 17.0. The number of piperidine rings is 1. The summed E-state index contributed by atoms with van der Waals surface area (Å²) in [5.74, 6) is 0.126. The van der Waals surface area contributed by atoms with Gasteiger partial charge in [0.25, 0.3) is 0 Å². The van der Waals surface area contributed by atoms with Gasteiger partial charge in [-0.1, -0.05) is 24.3 Å². The molecule has 2 aromatic rings. The zero-order valence-electron chi connectivity index (χ0n) is 16.2. The minimum absolute atomic E-state index is 0.0426. The predicted molar refractivity (Wildman–Crippen MR) is 109 cm³/mol. The minimum atomic E-state index is -3.59. The molecular formula is C21H26N2O4S. The topological polar surface area (TPSA) is 75.7 Å². The lowest BCUT2D eigenvalue weighted by Crippen LogP contribution is -2.43. The summed E-state index contributed by atoms with van der Waals surface area (Å²) in [6, 6.07) is 15.6. The molecule has 1 fully saturated rings. The summed E-state index contributed by atoms with van der Waals surface area (Å²) in [7, 11) is -3.59. The molecule has 1 N–H and O–H groups in total. The minimum Gasteiger partial charge on any atom is -0.491 e. The van der Waals surface area contributed by atoms with Crippen molar-refractivity contribution in [3.05, 3.63) is 54.6 Å². The first kappa shape index (κ1) is 20.4. The second-order valence-electron chi connectivity index (χ2n) is 7.20. The fourth-order valence-corrected chi connectivity index (χ4v) is 4.82. The lowest BCUT2D eigenvalue weighted by molar-refractivity contribution is -0.120. The fraction of sp³-hybridized carbons (Fsp3) is 0.381. The molecule has 7 heteroatoms. The van der Waals surface area contributed by atoms with E-state index in [2.05, 4.69) is 5.32 Å². The number of hydrogen-bond donors (Lipinski definition) is 1. The van der Waals surface area contributed by atoms with Gasteiger partial charge in [-0.15, -0.1) is 0 Å². The first-order valence-corrected chi connectivity index (χ1v) is 10.9. The molecule has 0 spiro atoms. The van der Waals surface area contributed by atoms with Crippen LogP contribution in [0, 0.1) is 5.92 Å². The number of benzene rings is 2.